The molecule has 3 rings (SSSR count). The van der Waals surface area contributed by atoms with Gasteiger partial charge in [0.15, 0.2) is 5.71 Å². The summed E-state index contributed by atoms with van der Waals surface area (Å²) in [6, 6.07) is 12.9. The van der Waals surface area contributed by atoms with Gasteiger partial charge in [-0.1, -0.05) is 41.0 Å². The molecule has 0 saturated carbocycles. The topological polar surface area (TPSA) is 94.9 Å². The van der Waals surface area contributed by atoms with E-state index in [1.807, 2.05) is 0 Å². The van der Waals surface area contributed by atoms with Gasteiger partial charge in [0.25, 0.3) is 11.8 Å². The highest BCUT2D eigenvalue weighted by Gasteiger charge is 2.20. The zero-order valence-corrected chi connectivity index (χ0v) is 16.7. The average molecular weight is 431 g/mol. The Labute approximate surface area is 176 Å². The minimum atomic E-state index is -0.832. The second kappa shape index (κ2) is 9.66. The Morgan fingerprint density at radius 2 is 1.80 bits per heavy atom. The number of nitrogens with zero attached hydrogens (tertiary/aromatic N) is 3. The molecular weight excluding hydrogens is 415 g/mol. The van der Waals surface area contributed by atoms with Crippen molar-refractivity contribution in [2.75, 3.05) is 14.2 Å². The summed E-state index contributed by atoms with van der Waals surface area (Å²) in [7, 11) is 2.74. The summed E-state index contributed by atoms with van der Waals surface area (Å²) in [5, 5.41) is 6.52. The van der Waals surface area contributed by atoms with Crippen molar-refractivity contribution in [2.24, 2.45) is 5.16 Å². The maximum Gasteiger partial charge on any atom is 0.325 e. The van der Waals surface area contributed by atoms with E-state index in [2.05, 4.69) is 20.4 Å². The Kier molecular flexibility index (Phi) is 6.76. The van der Waals surface area contributed by atoms with E-state index in [1.165, 1.54) is 20.2 Å². The van der Waals surface area contributed by atoms with Crippen LogP contribution in [0.15, 0.2) is 59.9 Å². The maximum atomic E-state index is 14.3. The van der Waals surface area contributed by atoms with Crippen molar-refractivity contribution in [3.63, 3.8) is 0 Å². The van der Waals surface area contributed by atoms with Crippen LogP contribution in [0.5, 0.6) is 23.4 Å². The number of rotatable bonds is 7. The first-order chi connectivity index (χ1) is 14.5. The van der Waals surface area contributed by atoms with Crippen LogP contribution in [-0.4, -0.2) is 35.7 Å². The summed E-state index contributed by atoms with van der Waals surface area (Å²) < 4.78 is 25.4. The van der Waals surface area contributed by atoms with Gasteiger partial charge in [-0.3, -0.25) is 4.79 Å². The standard InChI is InChI=1S/C20H16ClFN4O4/c1-23-18(27)17(26-28-2)12-7-3-5-9-15(12)29-19-14(22)11-24-20(25-19)30-16-10-6-4-8-13(16)21/h3-11H,1-2H3,(H,23,27). The number of nitrogens with one attached hydrogen (secondary N) is 1. The third-order valence-electron chi connectivity index (χ3n) is 3.70. The van der Waals surface area contributed by atoms with Crippen molar-refractivity contribution in [1.82, 2.24) is 15.3 Å². The maximum absolute atomic E-state index is 14.3. The van der Waals surface area contributed by atoms with Gasteiger partial charge in [0.2, 0.25) is 5.82 Å². The Bertz CT molecular complexity index is 1090. The fourth-order valence-electron chi connectivity index (χ4n) is 2.36. The van der Waals surface area contributed by atoms with E-state index in [9.17, 15) is 9.18 Å². The molecule has 0 aliphatic carbocycles. The number of hydrogen-bond donors (Lipinski definition) is 1. The van der Waals surface area contributed by atoms with Gasteiger partial charge < -0.3 is 19.6 Å². The van der Waals surface area contributed by atoms with Gasteiger partial charge in [-0.25, -0.2) is 4.98 Å². The van der Waals surface area contributed by atoms with Crippen molar-refractivity contribution >= 4 is 23.2 Å². The van der Waals surface area contributed by atoms with Crippen molar-refractivity contribution < 1.29 is 23.5 Å². The Morgan fingerprint density at radius 3 is 2.50 bits per heavy atom. The Hall–Kier alpha value is -3.72. The van der Waals surface area contributed by atoms with E-state index in [4.69, 9.17) is 25.9 Å². The Balaban J connectivity index is 1.95. The molecule has 0 aliphatic rings. The summed E-state index contributed by atoms with van der Waals surface area (Å²) in [6.07, 6.45) is 0.903. The number of aromatic nitrogens is 2. The third-order valence-corrected chi connectivity index (χ3v) is 4.01. The number of carbonyl (C=O) groups is 1. The van der Waals surface area contributed by atoms with Crippen LogP contribution in [0.25, 0.3) is 0 Å². The predicted octanol–water partition coefficient (Wildman–Crippen LogP) is 3.95. The minimum Gasteiger partial charge on any atom is -0.436 e. The summed E-state index contributed by atoms with van der Waals surface area (Å²) >= 11 is 6.05. The monoisotopic (exact) mass is 430 g/mol. The second-order valence-corrected chi connectivity index (χ2v) is 6.05. The minimum absolute atomic E-state index is 0.0578. The number of para-hydroxylation sites is 2. The molecular formula is C20H16ClFN4O4. The lowest BCUT2D eigenvalue weighted by atomic mass is 10.1. The van der Waals surface area contributed by atoms with Gasteiger partial charge in [0.05, 0.1) is 16.8 Å². The summed E-state index contributed by atoms with van der Waals surface area (Å²) in [5.41, 5.74) is 0.211. The third kappa shape index (κ3) is 4.81. The molecule has 1 heterocycles. The van der Waals surface area contributed by atoms with Gasteiger partial charge in [-0.15, -0.1) is 0 Å². The normalized spacial score (nSPS) is 11.0. The van der Waals surface area contributed by atoms with Crippen molar-refractivity contribution in [3.8, 4) is 23.4 Å². The number of oxime groups is 1. The van der Waals surface area contributed by atoms with Gasteiger partial charge in [0.1, 0.15) is 18.6 Å². The van der Waals surface area contributed by atoms with Gasteiger partial charge in [0, 0.05) is 7.05 Å². The molecule has 0 bridgehead atoms. The van der Waals surface area contributed by atoms with E-state index < -0.39 is 17.6 Å². The first-order valence-electron chi connectivity index (χ1n) is 8.59. The van der Waals surface area contributed by atoms with Crippen LogP contribution in [0.1, 0.15) is 5.56 Å². The summed E-state index contributed by atoms with van der Waals surface area (Å²) in [6.45, 7) is 0. The van der Waals surface area contributed by atoms with Crippen molar-refractivity contribution in [2.45, 2.75) is 0 Å². The van der Waals surface area contributed by atoms with E-state index in [1.54, 1.807) is 42.5 Å². The first kappa shape index (κ1) is 21.0. The van der Waals surface area contributed by atoms with Crippen molar-refractivity contribution in [3.05, 3.63) is 71.1 Å². The second-order valence-electron chi connectivity index (χ2n) is 5.64. The fourth-order valence-corrected chi connectivity index (χ4v) is 2.54. The van der Waals surface area contributed by atoms with Crippen LogP contribution in [0.3, 0.4) is 0 Å². The molecule has 1 N–H and O–H groups in total. The lowest BCUT2D eigenvalue weighted by Crippen LogP contribution is -2.28. The molecule has 2 aromatic carbocycles. The number of likely N-dealkylation sites (N-methyl/N-ethyl adjacent to an activating group) is 1. The Morgan fingerprint density at radius 1 is 1.10 bits per heavy atom. The number of carbonyl (C=O) groups excluding carboxylic acids is 1. The van der Waals surface area contributed by atoms with E-state index in [0.29, 0.717) is 10.8 Å². The lowest BCUT2D eigenvalue weighted by molar-refractivity contribution is -0.114. The molecule has 0 saturated heterocycles. The molecule has 0 fully saturated rings. The van der Waals surface area contributed by atoms with Crippen molar-refractivity contribution in [1.29, 1.82) is 0 Å². The molecule has 30 heavy (non-hydrogen) atoms. The number of benzene rings is 2. The SMILES string of the molecule is CNC(=O)C(=NOC)c1ccccc1Oc1nc(Oc2ccccc2Cl)ncc1F. The van der Waals surface area contributed by atoms with Gasteiger partial charge in [-0.05, 0) is 24.3 Å². The van der Waals surface area contributed by atoms with Gasteiger partial charge >= 0.3 is 6.01 Å². The van der Waals surface area contributed by atoms with E-state index >= 15 is 0 Å². The van der Waals surface area contributed by atoms with Crippen LogP contribution < -0.4 is 14.8 Å². The van der Waals surface area contributed by atoms with Crippen LogP contribution in [0, 0.1) is 5.82 Å². The number of hydrogen-bond acceptors (Lipinski definition) is 7. The summed E-state index contributed by atoms with van der Waals surface area (Å²) in [5.74, 6) is -1.34. The summed E-state index contributed by atoms with van der Waals surface area (Å²) in [4.78, 5) is 24.6. The lowest BCUT2D eigenvalue weighted by Gasteiger charge is -2.12. The molecule has 8 nitrogen and oxygen atoms in total. The van der Waals surface area contributed by atoms with Crippen LogP contribution in [0.2, 0.25) is 5.02 Å². The predicted molar refractivity (Wildman–Crippen MR) is 108 cm³/mol. The molecule has 0 spiro atoms. The number of halogens is 2. The smallest absolute Gasteiger partial charge is 0.325 e. The van der Waals surface area contributed by atoms with E-state index in [0.717, 1.165) is 6.20 Å². The molecule has 0 radical (unpaired) electrons. The molecule has 3 aromatic rings. The highest BCUT2D eigenvalue weighted by Crippen LogP contribution is 2.30. The van der Waals surface area contributed by atoms with E-state index in [-0.39, 0.29) is 23.0 Å². The number of ether oxygens (including phenoxy) is 2. The highest BCUT2D eigenvalue weighted by molar-refractivity contribution is 6.45. The molecule has 0 atom stereocenters. The van der Waals surface area contributed by atoms with Gasteiger partial charge in [-0.2, -0.15) is 9.37 Å². The molecule has 10 heteroatoms. The zero-order valence-electron chi connectivity index (χ0n) is 15.9. The molecule has 0 unspecified atom stereocenters. The number of amides is 1. The zero-order chi connectivity index (χ0) is 21.5. The molecule has 154 valence electrons. The fraction of sp³-hybridized carbons (Fsp3) is 0.100. The molecule has 1 amide bonds. The van der Waals surface area contributed by atoms with Crippen LogP contribution in [-0.2, 0) is 9.63 Å². The van der Waals surface area contributed by atoms with Crippen LogP contribution in [0.4, 0.5) is 4.39 Å². The van der Waals surface area contributed by atoms with Crippen LogP contribution >= 0.6 is 11.6 Å². The largest absolute Gasteiger partial charge is 0.436 e. The quantitative estimate of drug-likeness (QED) is 0.450. The first-order valence-corrected chi connectivity index (χ1v) is 8.96. The average Bonchev–Trinajstić information content (AvgIpc) is 2.76. The molecule has 0 aliphatic heterocycles. The highest BCUT2D eigenvalue weighted by atomic mass is 35.5. The molecule has 1 aromatic heterocycles.